The maximum atomic E-state index is 8.99. The highest BCUT2D eigenvalue weighted by Crippen LogP contribution is 2.29. The van der Waals surface area contributed by atoms with Gasteiger partial charge >= 0.3 is 0 Å². The second-order valence-electron chi connectivity index (χ2n) is 5.47. The van der Waals surface area contributed by atoms with Gasteiger partial charge in [-0.15, -0.1) is 0 Å². The number of rotatable bonds is 3. The van der Waals surface area contributed by atoms with E-state index in [1.807, 2.05) is 0 Å². The number of halogens is 1. The first-order chi connectivity index (χ1) is 9.92. The molecule has 2 nitrogen and oxygen atoms in total. The minimum atomic E-state index is 0.121. The minimum absolute atomic E-state index is 0.121. The molecule has 0 saturated carbocycles. The van der Waals surface area contributed by atoms with Crippen molar-refractivity contribution in [3.8, 4) is 6.07 Å². The van der Waals surface area contributed by atoms with Gasteiger partial charge in [0.2, 0.25) is 0 Å². The molecule has 0 spiro atoms. The van der Waals surface area contributed by atoms with Crippen molar-refractivity contribution in [2.24, 2.45) is 0 Å². The Balaban J connectivity index is 2.32. The first kappa shape index (κ1) is 15.4. The maximum absolute atomic E-state index is 8.99. The van der Waals surface area contributed by atoms with Crippen LogP contribution in [0.5, 0.6) is 0 Å². The molecule has 1 atom stereocenters. The lowest BCUT2D eigenvalue weighted by Gasteiger charge is -2.20. The van der Waals surface area contributed by atoms with Crippen molar-refractivity contribution < 1.29 is 0 Å². The van der Waals surface area contributed by atoms with Crippen LogP contribution in [0.1, 0.15) is 40.8 Å². The highest BCUT2D eigenvalue weighted by molar-refractivity contribution is 6.33. The number of nitriles is 1. The average Bonchev–Trinajstić information content (AvgIpc) is 2.45. The van der Waals surface area contributed by atoms with Gasteiger partial charge in [-0.25, -0.2) is 0 Å². The van der Waals surface area contributed by atoms with Gasteiger partial charge in [0.05, 0.1) is 22.3 Å². The fraction of sp³-hybridized carbons (Fsp3) is 0.278. The molecule has 0 saturated heterocycles. The Bertz CT molecular complexity index is 714. The Labute approximate surface area is 131 Å². The lowest BCUT2D eigenvalue weighted by atomic mass is 9.96. The third-order valence-electron chi connectivity index (χ3n) is 3.82. The summed E-state index contributed by atoms with van der Waals surface area (Å²) in [5.74, 6) is 0. The lowest BCUT2D eigenvalue weighted by molar-refractivity contribution is 0.870. The van der Waals surface area contributed by atoms with Gasteiger partial charge in [0.15, 0.2) is 0 Å². The Morgan fingerprint density at radius 3 is 2.38 bits per heavy atom. The standard InChI is InChI=1S/C18H19ClN2/c1-11-7-13(3)16(8-12(11)2)14(4)21-18-9-15(10-20)5-6-17(18)19/h5-9,14,21H,1-4H3. The number of nitrogens with one attached hydrogen (secondary N) is 1. The molecule has 0 amide bonds. The molecule has 0 radical (unpaired) electrons. The summed E-state index contributed by atoms with van der Waals surface area (Å²) in [5, 5.41) is 13.0. The van der Waals surface area contributed by atoms with Gasteiger partial charge in [0, 0.05) is 6.04 Å². The number of hydrogen-bond donors (Lipinski definition) is 1. The van der Waals surface area contributed by atoms with Crippen LogP contribution in [-0.4, -0.2) is 0 Å². The highest BCUT2D eigenvalue weighted by Gasteiger charge is 2.12. The molecule has 21 heavy (non-hydrogen) atoms. The van der Waals surface area contributed by atoms with E-state index >= 15 is 0 Å². The topological polar surface area (TPSA) is 35.8 Å². The SMILES string of the molecule is Cc1cc(C)c(C(C)Nc2cc(C#N)ccc2Cl)cc1C. The molecular weight excluding hydrogens is 280 g/mol. The monoisotopic (exact) mass is 298 g/mol. The molecule has 0 aliphatic heterocycles. The quantitative estimate of drug-likeness (QED) is 0.833. The molecule has 0 aliphatic carbocycles. The van der Waals surface area contributed by atoms with Crippen molar-refractivity contribution in [3.63, 3.8) is 0 Å². The van der Waals surface area contributed by atoms with E-state index in [0.717, 1.165) is 5.69 Å². The van der Waals surface area contributed by atoms with Crippen molar-refractivity contribution in [1.82, 2.24) is 0 Å². The van der Waals surface area contributed by atoms with Gasteiger partial charge in [-0.1, -0.05) is 23.7 Å². The molecule has 0 aliphatic rings. The number of nitrogens with zero attached hydrogens (tertiary/aromatic N) is 1. The Hall–Kier alpha value is -1.98. The zero-order valence-electron chi connectivity index (χ0n) is 12.8. The van der Waals surface area contributed by atoms with Crippen molar-refractivity contribution in [3.05, 3.63) is 63.2 Å². The summed E-state index contributed by atoms with van der Waals surface area (Å²) in [6.07, 6.45) is 0. The molecule has 0 heterocycles. The van der Waals surface area contributed by atoms with Crippen LogP contribution < -0.4 is 5.32 Å². The molecular formula is C18H19ClN2. The van der Waals surface area contributed by atoms with E-state index in [0.29, 0.717) is 10.6 Å². The highest BCUT2D eigenvalue weighted by atomic mass is 35.5. The summed E-state index contributed by atoms with van der Waals surface area (Å²) < 4.78 is 0. The Morgan fingerprint density at radius 2 is 1.71 bits per heavy atom. The van der Waals surface area contributed by atoms with Crippen LogP contribution in [0.25, 0.3) is 0 Å². The normalized spacial score (nSPS) is 11.8. The van der Waals surface area contributed by atoms with Crippen LogP contribution in [0.4, 0.5) is 5.69 Å². The molecule has 3 heteroatoms. The molecule has 0 aromatic heterocycles. The van der Waals surface area contributed by atoms with Gasteiger partial charge in [-0.3, -0.25) is 0 Å². The molecule has 108 valence electrons. The minimum Gasteiger partial charge on any atom is -0.377 e. The average molecular weight is 299 g/mol. The van der Waals surface area contributed by atoms with E-state index in [-0.39, 0.29) is 6.04 Å². The number of hydrogen-bond acceptors (Lipinski definition) is 2. The van der Waals surface area contributed by atoms with Gasteiger partial charge in [0.1, 0.15) is 0 Å². The predicted molar refractivity (Wildman–Crippen MR) is 88.9 cm³/mol. The third-order valence-corrected chi connectivity index (χ3v) is 4.15. The first-order valence-corrected chi connectivity index (χ1v) is 7.34. The molecule has 0 fully saturated rings. The largest absolute Gasteiger partial charge is 0.377 e. The summed E-state index contributed by atoms with van der Waals surface area (Å²) in [6.45, 7) is 8.46. The summed E-state index contributed by atoms with van der Waals surface area (Å²) in [7, 11) is 0. The number of aryl methyl sites for hydroxylation is 3. The summed E-state index contributed by atoms with van der Waals surface area (Å²) in [6, 6.07) is 11.9. The summed E-state index contributed by atoms with van der Waals surface area (Å²) in [4.78, 5) is 0. The van der Waals surface area contributed by atoms with E-state index in [2.05, 4.69) is 51.2 Å². The van der Waals surface area contributed by atoms with Crippen LogP contribution >= 0.6 is 11.6 Å². The zero-order chi connectivity index (χ0) is 15.6. The van der Waals surface area contributed by atoms with Crippen LogP contribution in [0, 0.1) is 32.1 Å². The van der Waals surface area contributed by atoms with Crippen LogP contribution in [0.2, 0.25) is 5.02 Å². The van der Waals surface area contributed by atoms with E-state index in [1.165, 1.54) is 22.3 Å². The van der Waals surface area contributed by atoms with E-state index in [1.54, 1.807) is 18.2 Å². The first-order valence-electron chi connectivity index (χ1n) is 6.96. The van der Waals surface area contributed by atoms with Crippen LogP contribution in [0.15, 0.2) is 30.3 Å². The fourth-order valence-corrected chi connectivity index (χ4v) is 2.64. The smallest absolute Gasteiger partial charge is 0.0992 e. The molecule has 0 bridgehead atoms. The molecule has 2 aromatic rings. The van der Waals surface area contributed by atoms with Crippen molar-refractivity contribution in [2.45, 2.75) is 33.7 Å². The van der Waals surface area contributed by atoms with E-state index < -0.39 is 0 Å². The van der Waals surface area contributed by atoms with E-state index in [4.69, 9.17) is 16.9 Å². The van der Waals surface area contributed by atoms with Crippen molar-refractivity contribution in [2.75, 3.05) is 5.32 Å². The van der Waals surface area contributed by atoms with Crippen LogP contribution in [-0.2, 0) is 0 Å². The van der Waals surface area contributed by atoms with Gasteiger partial charge < -0.3 is 5.32 Å². The predicted octanol–water partition coefficient (Wildman–Crippen LogP) is 5.31. The third kappa shape index (κ3) is 3.37. The molecule has 1 unspecified atom stereocenters. The summed E-state index contributed by atoms with van der Waals surface area (Å²) >= 11 is 6.21. The zero-order valence-corrected chi connectivity index (χ0v) is 13.5. The van der Waals surface area contributed by atoms with Crippen molar-refractivity contribution in [1.29, 1.82) is 5.26 Å². The fourth-order valence-electron chi connectivity index (χ4n) is 2.47. The number of benzene rings is 2. The maximum Gasteiger partial charge on any atom is 0.0992 e. The summed E-state index contributed by atoms with van der Waals surface area (Å²) in [5.41, 5.74) is 6.48. The Kier molecular flexibility index (Phi) is 4.55. The Morgan fingerprint density at radius 1 is 1.05 bits per heavy atom. The van der Waals surface area contributed by atoms with E-state index in [9.17, 15) is 0 Å². The molecule has 1 N–H and O–H groups in total. The van der Waals surface area contributed by atoms with Gasteiger partial charge in [-0.2, -0.15) is 5.26 Å². The second-order valence-corrected chi connectivity index (χ2v) is 5.87. The lowest BCUT2D eigenvalue weighted by Crippen LogP contribution is -2.09. The molecule has 2 rings (SSSR count). The second kappa shape index (κ2) is 6.20. The van der Waals surface area contributed by atoms with Gasteiger partial charge in [0.25, 0.3) is 0 Å². The number of anilines is 1. The van der Waals surface area contributed by atoms with Crippen LogP contribution in [0.3, 0.4) is 0 Å². The van der Waals surface area contributed by atoms with Gasteiger partial charge in [-0.05, 0) is 68.1 Å². The van der Waals surface area contributed by atoms with Crippen molar-refractivity contribution >= 4 is 17.3 Å². The molecule has 2 aromatic carbocycles.